The number of carbonyl (C=O) groups excluding carboxylic acids is 1. The third kappa shape index (κ3) is 2.29. The van der Waals surface area contributed by atoms with Crippen molar-refractivity contribution in [3.8, 4) is 0 Å². The zero-order chi connectivity index (χ0) is 8.48. The van der Waals surface area contributed by atoms with E-state index in [4.69, 9.17) is 4.74 Å². The van der Waals surface area contributed by atoms with Gasteiger partial charge in [0.2, 0.25) is 0 Å². The maximum Gasteiger partial charge on any atom is 0.137 e. The number of rotatable bonds is 0. The van der Waals surface area contributed by atoms with Crippen molar-refractivity contribution in [3.63, 3.8) is 0 Å². The second-order valence-corrected chi connectivity index (χ2v) is 4.22. The summed E-state index contributed by atoms with van der Waals surface area (Å²) in [6, 6.07) is 0. The zero-order valence-corrected chi connectivity index (χ0v) is 7.52. The molecule has 0 aromatic carbocycles. The Morgan fingerprint density at radius 1 is 1.45 bits per heavy atom. The van der Waals surface area contributed by atoms with Gasteiger partial charge in [0.05, 0.1) is 12.7 Å². The lowest BCUT2D eigenvalue weighted by molar-refractivity contribution is -0.133. The number of hydrogen-bond donors (Lipinski definition) is 0. The topological polar surface area (TPSA) is 26.3 Å². The minimum Gasteiger partial charge on any atom is -0.377 e. The lowest BCUT2D eigenvalue weighted by Gasteiger charge is -2.32. The summed E-state index contributed by atoms with van der Waals surface area (Å²) in [6.45, 7) is 6.93. The summed E-state index contributed by atoms with van der Waals surface area (Å²) in [5.74, 6) is 0.344. The van der Waals surface area contributed by atoms with Gasteiger partial charge in [0.25, 0.3) is 0 Å². The Balaban J connectivity index is 2.53. The number of ether oxygens (including phenoxy) is 1. The zero-order valence-electron chi connectivity index (χ0n) is 7.52. The molecular weight excluding hydrogens is 140 g/mol. The van der Waals surface area contributed by atoms with Crippen LogP contribution in [0.4, 0.5) is 0 Å². The molecule has 0 bridgehead atoms. The predicted molar refractivity (Wildman–Crippen MR) is 43.4 cm³/mol. The van der Waals surface area contributed by atoms with Gasteiger partial charge in [0.15, 0.2) is 0 Å². The van der Waals surface area contributed by atoms with Gasteiger partial charge in [-0.3, -0.25) is 4.79 Å². The lowest BCUT2D eigenvalue weighted by Crippen LogP contribution is -2.36. The molecule has 2 heteroatoms. The average Bonchev–Trinajstić information content (AvgIpc) is 1.86. The van der Waals surface area contributed by atoms with Gasteiger partial charge in [0.1, 0.15) is 5.78 Å². The Labute approximate surface area is 67.9 Å². The van der Waals surface area contributed by atoms with Crippen molar-refractivity contribution < 1.29 is 9.53 Å². The Kier molecular flexibility index (Phi) is 2.33. The van der Waals surface area contributed by atoms with Crippen LogP contribution in [0, 0.1) is 5.41 Å². The monoisotopic (exact) mass is 156 g/mol. The summed E-state index contributed by atoms with van der Waals surface area (Å²) in [5.41, 5.74) is 0.107. The molecule has 1 aliphatic rings. The van der Waals surface area contributed by atoms with Gasteiger partial charge in [-0.2, -0.15) is 0 Å². The molecule has 0 saturated carbocycles. The molecule has 0 unspecified atom stereocenters. The second-order valence-electron chi connectivity index (χ2n) is 4.22. The molecule has 2 nitrogen and oxygen atoms in total. The normalized spacial score (nSPS) is 27.2. The van der Waals surface area contributed by atoms with Gasteiger partial charge in [-0.15, -0.1) is 0 Å². The summed E-state index contributed by atoms with van der Waals surface area (Å²) >= 11 is 0. The minimum atomic E-state index is 0.107. The van der Waals surface area contributed by atoms with Crippen molar-refractivity contribution in [1.29, 1.82) is 0 Å². The van der Waals surface area contributed by atoms with Crippen molar-refractivity contribution in [2.45, 2.75) is 39.7 Å². The van der Waals surface area contributed by atoms with Crippen molar-refractivity contribution in [2.75, 3.05) is 6.61 Å². The number of ketones is 1. The van der Waals surface area contributed by atoms with E-state index < -0.39 is 0 Å². The Hall–Kier alpha value is -0.370. The number of hydrogen-bond acceptors (Lipinski definition) is 2. The van der Waals surface area contributed by atoms with Crippen LogP contribution in [0.5, 0.6) is 0 Å². The van der Waals surface area contributed by atoms with E-state index in [9.17, 15) is 4.79 Å². The van der Waals surface area contributed by atoms with E-state index in [1.165, 1.54) is 0 Å². The van der Waals surface area contributed by atoms with E-state index in [0.717, 1.165) is 0 Å². The van der Waals surface area contributed by atoms with Gasteiger partial charge in [0, 0.05) is 12.8 Å². The highest BCUT2D eigenvalue weighted by molar-refractivity contribution is 5.79. The van der Waals surface area contributed by atoms with Crippen LogP contribution >= 0.6 is 0 Å². The highest BCUT2D eigenvalue weighted by Crippen LogP contribution is 2.27. The van der Waals surface area contributed by atoms with Crippen LogP contribution in [0.25, 0.3) is 0 Å². The SMILES string of the molecule is CC(C)(C)[C@@H]1CC(=O)CCO1. The van der Waals surface area contributed by atoms with Gasteiger partial charge in [-0.05, 0) is 5.41 Å². The Morgan fingerprint density at radius 2 is 2.09 bits per heavy atom. The Morgan fingerprint density at radius 3 is 2.45 bits per heavy atom. The molecule has 0 aromatic heterocycles. The Bertz CT molecular complexity index is 155. The highest BCUT2D eigenvalue weighted by Gasteiger charge is 2.30. The van der Waals surface area contributed by atoms with Crippen LogP contribution in [0.3, 0.4) is 0 Å². The number of carbonyl (C=O) groups is 1. The second kappa shape index (κ2) is 2.94. The molecule has 64 valence electrons. The van der Waals surface area contributed by atoms with Crippen molar-refractivity contribution in [2.24, 2.45) is 5.41 Å². The molecule has 1 saturated heterocycles. The van der Waals surface area contributed by atoms with E-state index in [2.05, 4.69) is 20.8 Å². The predicted octanol–water partition coefficient (Wildman–Crippen LogP) is 1.78. The summed E-state index contributed by atoms with van der Waals surface area (Å²) in [6.07, 6.45) is 1.33. The van der Waals surface area contributed by atoms with E-state index in [1.807, 2.05) is 0 Å². The van der Waals surface area contributed by atoms with Gasteiger partial charge >= 0.3 is 0 Å². The van der Waals surface area contributed by atoms with Gasteiger partial charge in [-0.1, -0.05) is 20.8 Å². The first kappa shape index (κ1) is 8.72. The largest absolute Gasteiger partial charge is 0.377 e. The lowest BCUT2D eigenvalue weighted by atomic mass is 9.84. The van der Waals surface area contributed by atoms with Crippen LogP contribution < -0.4 is 0 Å². The molecule has 1 fully saturated rings. The molecule has 1 rings (SSSR count). The van der Waals surface area contributed by atoms with E-state index >= 15 is 0 Å². The minimum absolute atomic E-state index is 0.107. The first-order chi connectivity index (χ1) is 5.00. The third-order valence-electron chi connectivity index (χ3n) is 2.08. The summed E-state index contributed by atoms with van der Waals surface area (Å²) in [5, 5.41) is 0. The number of Topliss-reactive ketones (excluding diaryl/α,β-unsaturated/α-hetero) is 1. The molecule has 1 atom stereocenters. The van der Waals surface area contributed by atoms with Gasteiger partial charge < -0.3 is 4.74 Å². The molecule has 1 heterocycles. The highest BCUT2D eigenvalue weighted by atomic mass is 16.5. The molecule has 1 aliphatic heterocycles. The summed E-state index contributed by atoms with van der Waals surface area (Å²) < 4.78 is 5.49. The first-order valence-electron chi connectivity index (χ1n) is 4.13. The maximum absolute atomic E-state index is 11.0. The van der Waals surface area contributed by atoms with E-state index in [-0.39, 0.29) is 11.5 Å². The van der Waals surface area contributed by atoms with Gasteiger partial charge in [-0.25, -0.2) is 0 Å². The van der Waals surface area contributed by atoms with E-state index in [1.54, 1.807) is 0 Å². The fraction of sp³-hybridized carbons (Fsp3) is 0.889. The fourth-order valence-corrected chi connectivity index (χ4v) is 1.24. The standard InChI is InChI=1S/C9H16O2/c1-9(2,3)8-6-7(10)4-5-11-8/h8H,4-6H2,1-3H3/t8-/m0/s1. The fourth-order valence-electron chi connectivity index (χ4n) is 1.24. The van der Waals surface area contributed by atoms with Crippen LogP contribution in [0.2, 0.25) is 0 Å². The van der Waals surface area contributed by atoms with Crippen molar-refractivity contribution in [3.05, 3.63) is 0 Å². The molecule has 0 aromatic rings. The average molecular weight is 156 g/mol. The molecule has 0 radical (unpaired) electrons. The molecule has 0 aliphatic carbocycles. The molecule has 11 heavy (non-hydrogen) atoms. The maximum atomic E-state index is 11.0. The van der Waals surface area contributed by atoms with Crippen LogP contribution in [0.15, 0.2) is 0 Å². The third-order valence-corrected chi connectivity index (χ3v) is 2.08. The smallest absolute Gasteiger partial charge is 0.137 e. The van der Waals surface area contributed by atoms with Crippen LogP contribution in [0.1, 0.15) is 33.6 Å². The quantitative estimate of drug-likeness (QED) is 0.534. The van der Waals surface area contributed by atoms with Crippen LogP contribution in [-0.2, 0) is 9.53 Å². The van der Waals surface area contributed by atoms with Crippen molar-refractivity contribution >= 4 is 5.78 Å². The molecular formula is C9H16O2. The molecule has 0 amide bonds. The molecule has 0 spiro atoms. The van der Waals surface area contributed by atoms with E-state index in [0.29, 0.717) is 25.2 Å². The van der Waals surface area contributed by atoms with Crippen molar-refractivity contribution in [1.82, 2.24) is 0 Å². The van der Waals surface area contributed by atoms with Crippen LogP contribution in [-0.4, -0.2) is 18.5 Å². The molecule has 0 N–H and O–H groups in total. The summed E-state index contributed by atoms with van der Waals surface area (Å²) in [7, 11) is 0. The summed E-state index contributed by atoms with van der Waals surface area (Å²) in [4.78, 5) is 11.0. The first-order valence-corrected chi connectivity index (χ1v) is 4.13.